The van der Waals surface area contributed by atoms with Gasteiger partial charge < -0.3 is 0 Å². The first-order chi connectivity index (χ1) is 18.2. The predicted molar refractivity (Wildman–Crippen MR) is 150 cm³/mol. The maximum absolute atomic E-state index is 4.90. The third-order valence-corrected chi connectivity index (χ3v) is 6.24. The van der Waals surface area contributed by atoms with E-state index in [-0.39, 0.29) is 0 Å². The van der Waals surface area contributed by atoms with Gasteiger partial charge in [-0.15, -0.1) is 0 Å². The van der Waals surface area contributed by atoms with E-state index in [0.29, 0.717) is 17.5 Å². The summed E-state index contributed by atoms with van der Waals surface area (Å²) in [6, 6.07) is 41.1. The first-order valence-corrected chi connectivity index (χ1v) is 12.2. The molecule has 4 heteroatoms. The summed E-state index contributed by atoms with van der Waals surface area (Å²) in [5.41, 5.74) is 8.32. The van der Waals surface area contributed by atoms with Crippen LogP contribution in [0.4, 0.5) is 0 Å². The number of nitrogens with zero attached hydrogens (tertiary/aromatic N) is 4. The van der Waals surface area contributed by atoms with Crippen molar-refractivity contribution >= 4 is 0 Å². The van der Waals surface area contributed by atoms with Crippen molar-refractivity contribution in [2.45, 2.75) is 6.92 Å². The summed E-state index contributed by atoms with van der Waals surface area (Å²) in [6.07, 6.45) is 1.82. The van der Waals surface area contributed by atoms with Crippen molar-refractivity contribution in [2.75, 3.05) is 0 Å². The summed E-state index contributed by atoms with van der Waals surface area (Å²) in [6.45, 7) is 2.08. The lowest BCUT2D eigenvalue weighted by Gasteiger charge is -2.10. The van der Waals surface area contributed by atoms with Crippen molar-refractivity contribution in [3.8, 4) is 56.5 Å². The molecule has 0 aliphatic heterocycles. The number of rotatable bonds is 5. The van der Waals surface area contributed by atoms with Gasteiger partial charge in [0.2, 0.25) is 0 Å². The molecule has 176 valence electrons. The quantitative estimate of drug-likeness (QED) is 0.254. The fourth-order valence-corrected chi connectivity index (χ4v) is 4.34. The van der Waals surface area contributed by atoms with Crippen LogP contribution in [0.25, 0.3) is 56.5 Å². The summed E-state index contributed by atoms with van der Waals surface area (Å²) in [7, 11) is 0. The van der Waals surface area contributed by atoms with Gasteiger partial charge in [0.05, 0.1) is 5.69 Å². The Morgan fingerprint density at radius 2 is 0.973 bits per heavy atom. The highest BCUT2D eigenvalue weighted by molar-refractivity contribution is 5.74. The van der Waals surface area contributed by atoms with Gasteiger partial charge in [-0.05, 0) is 42.3 Å². The van der Waals surface area contributed by atoms with Crippen LogP contribution in [0, 0.1) is 6.92 Å². The lowest BCUT2D eigenvalue weighted by atomic mass is 10.0. The number of aromatic nitrogens is 4. The number of hydrogen-bond donors (Lipinski definition) is 0. The van der Waals surface area contributed by atoms with Crippen molar-refractivity contribution in [2.24, 2.45) is 0 Å². The molecule has 6 rings (SSSR count). The third-order valence-electron chi connectivity index (χ3n) is 6.24. The summed E-state index contributed by atoms with van der Waals surface area (Å²) in [5, 5.41) is 0. The highest BCUT2D eigenvalue weighted by Crippen LogP contribution is 2.29. The molecule has 0 spiro atoms. The number of pyridine rings is 1. The molecule has 0 saturated carbocycles. The lowest BCUT2D eigenvalue weighted by molar-refractivity contribution is 1.07. The van der Waals surface area contributed by atoms with E-state index in [2.05, 4.69) is 72.6 Å². The molecule has 2 heterocycles. The van der Waals surface area contributed by atoms with Crippen LogP contribution in [-0.4, -0.2) is 19.9 Å². The molecular weight excluding hydrogens is 452 g/mol. The molecule has 0 fully saturated rings. The molecule has 0 bridgehead atoms. The Kier molecular flexibility index (Phi) is 6.05. The Hall–Kier alpha value is -4.96. The Labute approximate surface area is 216 Å². The highest BCUT2D eigenvalue weighted by Gasteiger charge is 2.13. The largest absolute Gasteiger partial charge is 0.256 e. The second-order valence-corrected chi connectivity index (χ2v) is 8.91. The van der Waals surface area contributed by atoms with Gasteiger partial charge in [0.15, 0.2) is 17.5 Å². The fraction of sp³-hybridized carbons (Fsp3) is 0.0303. The van der Waals surface area contributed by atoms with E-state index in [4.69, 9.17) is 15.0 Å². The van der Waals surface area contributed by atoms with E-state index in [1.807, 2.05) is 66.9 Å². The molecule has 0 unspecified atom stereocenters. The van der Waals surface area contributed by atoms with Gasteiger partial charge in [-0.25, -0.2) is 15.0 Å². The van der Waals surface area contributed by atoms with Crippen LogP contribution in [-0.2, 0) is 0 Å². The molecule has 4 nitrogen and oxygen atoms in total. The van der Waals surface area contributed by atoms with E-state index in [1.165, 1.54) is 0 Å². The smallest absolute Gasteiger partial charge is 0.164 e. The second kappa shape index (κ2) is 9.96. The fourth-order valence-electron chi connectivity index (χ4n) is 4.34. The van der Waals surface area contributed by atoms with E-state index in [0.717, 1.165) is 44.6 Å². The maximum Gasteiger partial charge on any atom is 0.164 e. The summed E-state index contributed by atoms with van der Waals surface area (Å²) in [5.74, 6) is 1.97. The number of hydrogen-bond acceptors (Lipinski definition) is 4. The normalized spacial score (nSPS) is 10.8. The molecule has 0 aliphatic rings. The Bertz CT molecular complexity index is 1660. The van der Waals surface area contributed by atoms with Crippen molar-refractivity contribution in [3.05, 3.63) is 133 Å². The SMILES string of the molecule is Cc1cccc(-c2nc(-c3ccccc3)nc(-c3cccc(-c4ccc(-c5ccccn5)cc4)c3)n2)c1. The van der Waals surface area contributed by atoms with Crippen molar-refractivity contribution < 1.29 is 0 Å². The van der Waals surface area contributed by atoms with Crippen molar-refractivity contribution in [1.29, 1.82) is 0 Å². The molecule has 0 radical (unpaired) electrons. The van der Waals surface area contributed by atoms with Crippen LogP contribution in [0.5, 0.6) is 0 Å². The molecule has 4 aromatic carbocycles. The van der Waals surface area contributed by atoms with Crippen molar-refractivity contribution in [3.63, 3.8) is 0 Å². The zero-order valence-corrected chi connectivity index (χ0v) is 20.4. The first-order valence-electron chi connectivity index (χ1n) is 12.2. The number of benzene rings is 4. The summed E-state index contributed by atoms with van der Waals surface area (Å²) in [4.78, 5) is 19.1. The average Bonchev–Trinajstić information content (AvgIpc) is 2.98. The minimum Gasteiger partial charge on any atom is -0.256 e. The van der Waals surface area contributed by atoms with Crippen molar-refractivity contribution in [1.82, 2.24) is 19.9 Å². The molecule has 37 heavy (non-hydrogen) atoms. The van der Waals surface area contributed by atoms with Crippen LogP contribution in [0.15, 0.2) is 128 Å². The van der Waals surface area contributed by atoms with Gasteiger partial charge in [-0.2, -0.15) is 0 Å². The molecule has 6 aromatic rings. The molecule has 0 amide bonds. The topological polar surface area (TPSA) is 51.6 Å². The molecule has 0 aliphatic carbocycles. The number of aryl methyl sites for hydroxylation is 1. The zero-order valence-electron chi connectivity index (χ0n) is 20.4. The molecule has 2 aromatic heterocycles. The van der Waals surface area contributed by atoms with E-state index >= 15 is 0 Å². The Balaban J connectivity index is 1.42. The van der Waals surface area contributed by atoms with Crippen LogP contribution in [0.2, 0.25) is 0 Å². The molecule has 0 saturated heterocycles. The summed E-state index contributed by atoms with van der Waals surface area (Å²) < 4.78 is 0. The van der Waals surface area contributed by atoms with E-state index in [9.17, 15) is 0 Å². The Morgan fingerprint density at radius 1 is 0.405 bits per heavy atom. The van der Waals surface area contributed by atoms with Gasteiger partial charge >= 0.3 is 0 Å². The lowest BCUT2D eigenvalue weighted by Crippen LogP contribution is -2.00. The minimum absolute atomic E-state index is 0.650. The molecule has 0 N–H and O–H groups in total. The summed E-state index contributed by atoms with van der Waals surface area (Å²) >= 11 is 0. The first kappa shape index (κ1) is 22.5. The van der Waals surface area contributed by atoms with Gasteiger partial charge in [0, 0.05) is 28.5 Å². The van der Waals surface area contributed by atoms with E-state index < -0.39 is 0 Å². The monoisotopic (exact) mass is 476 g/mol. The maximum atomic E-state index is 4.90. The van der Waals surface area contributed by atoms with Crippen LogP contribution >= 0.6 is 0 Å². The van der Waals surface area contributed by atoms with Gasteiger partial charge in [0.25, 0.3) is 0 Å². The average molecular weight is 477 g/mol. The molecule has 0 atom stereocenters. The third kappa shape index (κ3) is 4.91. The van der Waals surface area contributed by atoms with Crippen LogP contribution in [0.3, 0.4) is 0 Å². The Morgan fingerprint density at radius 3 is 1.65 bits per heavy atom. The predicted octanol–water partition coefficient (Wildman–Crippen LogP) is 7.91. The standard InChI is InChI=1S/C33H24N4/c1-23-9-7-13-28(21-23)32-35-31(26-10-3-2-4-11-26)36-33(37-32)29-14-8-12-27(22-29)24-16-18-25(19-17-24)30-15-5-6-20-34-30/h2-22H,1H3. The van der Waals surface area contributed by atoms with Gasteiger partial charge in [-0.3, -0.25) is 4.98 Å². The van der Waals surface area contributed by atoms with Crippen LogP contribution < -0.4 is 0 Å². The second-order valence-electron chi connectivity index (χ2n) is 8.91. The molecular formula is C33H24N4. The minimum atomic E-state index is 0.650. The van der Waals surface area contributed by atoms with E-state index in [1.54, 1.807) is 0 Å². The van der Waals surface area contributed by atoms with Gasteiger partial charge in [0.1, 0.15) is 0 Å². The highest BCUT2D eigenvalue weighted by atomic mass is 15.0. The van der Waals surface area contributed by atoms with Gasteiger partial charge in [-0.1, -0.05) is 103 Å². The zero-order chi connectivity index (χ0) is 25.0. The van der Waals surface area contributed by atoms with Crippen LogP contribution in [0.1, 0.15) is 5.56 Å².